The van der Waals surface area contributed by atoms with Crippen molar-refractivity contribution in [2.45, 2.75) is 5.16 Å². The van der Waals surface area contributed by atoms with E-state index < -0.39 is 0 Å². The summed E-state index contributed by atoms with van der Waals surface area (Å²) >= 11 is 2.67. The van der Waals surface area contributed by atoms with Gasteiger partial charge in [0.1, 0.15) is 11.4 Å². The normalized spacial score (nSPS) is 10.8. The second-order valence-electron chi connectivity index (χ2n) is 7.09. The average molecular weight is 482 g/mol. The molecule has 33 heavy (non-hydrogen) atoms. The number of hydrogen-bond donors (Lipinski definition) is 1. The molecule has 4 rings (SSSR count). The minimum atomic E-state index is -0.158. The van der Waals surface area contributed by atoms with Crippen LogP contribution >= 0.6 is 23.1 Å². The molecule has 0 saturated carbocycles. The number of benzene rings is 2. The highest BCUT2D eigenvalue weighted by molar-refractivity contribution is 7.99. The highest BCUT2D eigenvalue weighted by Crippen LogP contribution is 2.31. The summed E-state index contributed by atoms with van der Waals surface area (Å²) in [5.41, 5.74) is 1.75. The lowest BCUT2D eigenvalue weighted by Gasteiger charge is -2.11. The van der Waals surface area contributed by atoms with Crippen LogP contribution in [-0.4, -0.2) is 41.5 Å². The number of thioether (sulfide) groups is 1. The van der Waals surface area contributed by atoms with E-state index in [0.29, 0.717) is 40.0 Å². The van der Waals surface area contributed by atoms with Gasteiger partial charge in [0.25, 0.3) is 5.56 Å². The molecule has 0 radical (unpaired) electrons. The Morgan fingerprint density at radius 2 is 1.85 bits per heavy atom. The van der Waals surface area contributed by atoms with Crippen LogP contribution in [0, 0.1) is 0 Å². The molecule has 170 valence electrons. The second-order valence-corrected chi connectivity index (χ2v) is 8.89. The third-order valence-corrected chi connectivity index (χ3v) is 6.84. The molecule has 1 amide bonds. The molecular weight excluding hydrogens is 458 g/mol. The van der Waals surface area contributed by atoms with Gasteiger partial charge in [-0.05, 0) is 17.7 Å². The topological polar surface area (TPSA) is 82.5 Å². The van der Waals surface area contributed by atoms with Crippen molar-refractivity contribution in [1.82, 2.24) is 14.9 Å². The molecule has 9 heteroatoms. The lowest BCUT2D eigenvalue weighted by atomic mass is 10.1. The van der Waals surface area contributed by atoms with Gasteiger partial charge in [-0.15, -0.1) is 11.3 Å². The van der Waals surface area contributed by atoms with E-state index in [1.165, 1.54) is 27.7 Å². The van der Waals surface area contributed by atoms with Gasteiger partial charge >= 0.3 is 0 Å². The molecule has 0 bridgehead atoms. The first-order valence-electron chi connectivity index (χ1n) is 10.3. The quantitative estimate of drug-likeness (QED) is 0.221. The number of nitrogens with one attached hydrogen (secondary N) is 1. The van der Waals surface area contributed by atoms with Crippen LogP contribution in [0.3, 0.4) is 0 Å². The zero-order valence-electron chi connectivity index (χ0n) is 18.2. The van der Waals surface area contributed by atoms with E-state index in [-0.39, 0.29) is 17.2 Å². The highest BCUT2D eigenvalue weighted by Gasteiger charge is 2.16. The molecule has 0 unspecified atom stereocenters. The Kier molecular flexibility index (Phi) is 7.31. The molecule has 0 atom stereocenters. The second kappa shape index (κ2) is 10.5. The minimum absolute atomic E-state index is 0.117. The fourth-order valence-electron chi connectivity index (χ4n) is 3.28. The number of fused-ring (bicyclic) bond motifs is 1. The van der Waals surface area contributed by atoms with E-state index >= 15 is 0 Å². The highest BCUT2D eigenvalue weighted by atomic mass is 32.2. The van der Waals surface area contributed by atoms with Crippen molar-refractivity contribution in [3.05, 3.63) is 70.3 Å². The number of carbonyl (C=O) groups is 1. The van der Waals surface area contributed by atoms with E-state index in [9.17, 15) is 9.59 Å². The van der Waals surface area contributed by atoms with E-state index in [1.807, 2.05) is 60.0 Å². The summed E-state index contributed by atoms with van der Waals surface area (Å²) in [5.74, 6) is 1.26. The summed E-state index contributed by atoms with van der Waals surface area (Å²) in [6.07, 6.45) is 0. The SMILES string of the molecule is COc1ccccc1OCCNC(=O)CSc1nc2scc(-c3ccccc3)c2c(=O)n1C. The van der Waals surface area contributed by atoms with Gasteiger partial charge in [0.05, 0.1) is 24.8 Å². The van der Waals surface area contributed by atoms with Crippen molar-refractivity contribution < 1.29 is 14.3 Å². The third kappa shape index (κ3) is 5.20. The van der Waals surface area contributed by atoms with E-state index in [2.05, 4.69) is 10.3 Å². The Morgan fingerprint density at radius 1 is 1.12 bits per heavy atom. The predicted molar refractivity (Wildman–Crippen MR) is 133 cm³/mol. The van der Waals surface area contributed by atoms with Crippen molar-refractivity contribution in [3.8, 4) is 22.6 Å². The van der Waals surface area contributed by atoms with E-state index in [0.717, 1.165) is 11.1 Å². The number of methoxy groups -OCH3 is 1. The smallest absolute Gasteiger partial charge is 0.263 e. The number of amides is 1. The van der Waals surface area contributed by atoms with Gasteiger partial charge in [-0.25, -0.2) is 4.98 Å². The van der Waals surface area contributed by atoms with Crippen molar-refractivity contribution in [2.75, 3.05) is 26.0 Å². The van der Waals surface area contributed by atoms with Crippen LogP contribution < -0.4 is 20.3 Å². The summed E-state index contributed by atoms with van der Waals surface area (Å²) in [6, 6.07) is 17.1. The molecule has 2 aromatic heterocycles. The van der Waals surface area contributed by atoms with Crippen LogP contribution in [0.25, 0.3) is 21.3 Å². The fraction of sp³-hybridized carbons (Fsp3) is 0.208. The monoisotopic (exact) mass is 481 g/mol. The summed E-state index contributed by atoms with van der Waals surface area (Å²) in [7, 11) is 3.26. The summed E-state index contributed by atoms with van der Waals surface area (Å²) in [6.45, 7) is 0.672. The van der Waals surface area contributed by atoms with Crippen LogP contribution in [0.5, 0.6) is 11.5 Å². The first-order valence-corrected chi connectivity index (χ1v) is 12.1. The van der Waals surface area contributed by atoms with Crippen LogP contribution in [0.2, 0.25) is 0 Å². The lowest BCUT2D eigenvalue weighted by Crippen LogP contribution is -2.30. The third-order valence-electron chi connectivity index (χ3n) is 4.94. The maximum atomic E-state index is 13.0. The largest absolute Gasteiger partial charge is 0.493 e. The molecule has 0 aliphatic carbocycles. The maximum absolute atomic E-state index is 13.0. The number of hydrogen-bond acceptors (Lipinski definition) is 7. The first kappa shape index (κ1) is 22.9. The Bertz CT molecular complexity index is 1320. The van der Waals surface area contributed by atoms with Crippen LogP contribution in [0.1, 0.15) is 0 Å². The lowest BCUT2D eigenvalue weighted by molar-refractivity contribution is -0.118. The molecule has 1 N–H and O–H groups in total. The van der Waals surface area contributed by atoms with Gasteiger partial charge in [-0.3, -0.25) is 14.2 Å². The zero-order chi connectivity index (χ0) is 23.2. The Balaban J connectivity index is 1.36. The molecule has 2 aromatic carbocycles. The van der Waals surface area contributed by atoms with Crippen LogP contribution in [-0.2, 0) is 11.8 Å². The fourth-order valence-corrected chi connectivity index (χ4v) is 5.07. The van der Waals surface area contributed by atoms with Gasteiger partial charge in [-0.1, -0.05) is 54.2 Å². The Labute approximate surface area is 199 Å². The van der Waals surface area contributed by atoms with Gasteiger partial charge in [0.15, 0.2) is 16.7 Å². The number of aromatic nitrogens is 2. The van der Waals surface area contributed by atoms with Gasteiger partial charge in [0.2, 0.25) is 5.91 Å². The van der Waals surface area contributed by atoms with Gasteiger partial charge < -0.3 is 14.8 Å². The molecule has 7 nitrogen and oxygen atoms in total. The van der Waals surface area contributed by atoms with Crippen LogP contribution in [0.15, 0.2) is 69.9 Å². The molecule has 0 spiro atoms. The minimum Gasteiger partial charge on any atom is -0.493 e. The van der Waals surface area contributed by atoms with Gasteiger partial charge in [0, 0.05) is 18.0 Å². The first-order chi connectivity index (χ1) is 16.1. The zero-order valence-corrected chi connectivity index (χ0v) is 19.9. The van der Waals surface area contributed by atoms with E-state index in [4.69, 9.17) is 9.47 Å². The number of nitrogens with zero attached hydrogens (tertiary/aromatic N) is 2. The number of ether oxygens (including phenoxy) is 2. The maximum Gasteiger partial charge on any atom is 0.263 e. The average Bonchev–Trinajstić information content (AvgIpc) is 3.28. The number of thiophene rings is 1. The number of rotatable bonds is 9. The molecular formula is C24H23N3O4S2. The van der Waals surface area contributed by atoms with Crippen molar-refractivity contribution >= 4 is 39.2 Å². The number of carbonyl (C=O) groups excluding carboxylic acids is 1. The van der Waals surface area contributed by atoms with Crippen molar-refractivity contribution in [1.29, 1.82) is 0 Å². The van der Waals surface area contributed by atoms with Crippen LogP contribution in [0.4, 0.5) is 0 Å². The Morgan fingerprint density at radius 3 is 2.61 bits per heavy atom. The Hall–Kier alpha value is -3.30. The molecule has 2 heterocycles. The van der Waals surface area contributed by atoms with Crippen molar-refractivity contribution in [3.63, 3.8) is 0 Å². The molecule has 0 aliphatic rings. The summed E-state index contributed by atoms with van der Waals surface area (Å²) in [5, 5.41) is 5.89. The van der Waals surface area contributed by atoms with Crippen molar-refractivity contribution in [2.24, 2.45) is 7.05 Å². The summed E-state index contributed by atoms with van der Waals surface area (Å²) in [4.78, 5) is 30.6. The molecule has 0 aliphatic heterocycles. The van der Waals surface area contributed by atoms with Gasteiger partial charge in [-0.2, -0.15) is 0 Å². The van der Waals surface area contributed by atoms with E-state index in [1.54, 1.807) is 14.2 Å². The molecule has 0 fully saturated rings. The molecule has 4 aromatic rings. The standard InChI is InChI=1S/C24H23N3O4S2/c1-27-23(29)21-17(16-8-4-3-5-9-16)14-32-22(21)26-24(27)33-15-20(28)25-12-13-31-19-11-7-6-10-18(19)30-2/h3-11,14H,12-13,15H2,1-2H3,(H,25,28). The number of para-hydroxylation sites is 2. The summed E-state index contributed by atoms with van der Waals surface area (Å²) < 4.78 is 12.4. The predicted octanol–water partition coefficient (Wildman–Crippen LogP) is 3.96. The molecule has 0 saturated heterocycles.